The van der Waals surface area contributed by atoms with Crippen molar-refractivity contribution in [2.45, 2.75) is 31.9 Å². The Bertz CT molecular complexity index is 1010. The summed E-state index contributed by atoms with van der Waals surface area (Å²) in [5, 5.41) is 15.1. The molecule has 24 heteroatoms. The number of piperazine rings is 2. The van der Waals surface area contributed by atoms with Gasteiger partial charge in [-0.3, -0.25) is 9.59 Å². The number of amides is 2. The minimum Gasteiger partial charge on any atom is -0.371 e. The summed E-state index contributed by atoms with van der Waals surface area (Å²) < 4.78 is 97.4. The summed E-state index contributed by atoms with van der Waals surface area (Å²) in [5.74, 6) is 1.45. The van der Waals surface area contributed by atoms with Gasteiger partial charge < -0.3 is 110 Å². The van der Waals surface area contributed by atoms with E-state index >= 15 is 0 Å². The highest BCUT2D eigenvalue weighted by molar-refractivity contribution is 9.44. The van der Waals surface area contributed by atoms with Crippen molar-refractivity contribution in [3.05, 3.63) is 9.16 Å². The number of carbonyl (C=O) groups is 2. The van der Waals surface area contributed by atoms with E-state index in [-0.39, 0.29) is 23.6 Å². The zero-order chi connectivity index (χ0) is 34.2. The van der Waals surface area contributed by atoms with Crippen LogP contribution >= 0.6 is 80.9 Å². The van der Waals surface area contributed by atoms with Gasteiger partial charge in [-0.05, 0) is 12.5 Å². The molecule has 0 aromatic heterocycles. The Morgan fingerprint density at radius 2 is 1.13 bits per heavy atom. The predicted octanol–water partition coefficient (Wildman–Crippen LogP) is 4.31. The van der Waals surface area contributed by atoms with Gasteiger partial charge in [0.05, 0.1) is 12.1 Å². The van der Waals surface area contributed by atoms with Crippen LogP contribution in [0, 0.1) is 9.16 Å². The lowest BCUT2D eigenvalue weighted by Crippen LogP contribution is -2.56. The van der Waals surface area contributed by atoms with Crippen LogP contribution in [-0.4, -0.2) is 131 Å². The van der Waals surface area contributed by atoms with Crippen LogP contribution in [0.25, 0.3) is 0 Å². The molecule has 6 aliphatic rings. The monoisotopic (exact) mass is 834 g/mol. The van der Waals surface area contributed by atoms with Crippen LogP contribution in [0.4, 0.5) is 26.3 Å². The fourth-order valence-corrected chi connectivity index (χ4v) is 23.2. The zero-order valence-corrected chi connectivity index (χ0v) is 31.0. The summed E-state index contributed by atoms with van der Waals surface area (Å²) in [6.07, 6.45) is -5.15. The molecule has 8 N–H and O–H groups in total. The third-order valence-electron chi connectivity index (χ3n) is 5.75. The normalized spacial score (nSPS) is 32.8. The predicted molar refractivity (Wildman–Crippen MR) is 198 cm³/mol. The number of rotatable bonds is 8. The van der Waals surface area contributed by atoms with Crippen molar-refractivity contribution in [2.75, 3.05) is 76.4 Å². The molecule has 6 rings (SSSR count). The summed E-state index contributed by atoms with van der Waals surface area (Å²) in [4.78, 5) is 22.3. The van der Waals surface area contributed by atoms with E-state index in [1.165, 1.54) is 11.5 Å². The van der Waals surface area contributed by atoms with Crippen LogP contribution in [0.2, 0.25) is 0 Å². The summed E-state index contributed by atoms with van der Waals surface area (Å²) in [5.41, 5.74) is 0. The maximum atomic E-state index is 11.7. The highest BCUT2D eigenvalue weighted by Crippen LogP contribution is 3.11. The fourth-order valence-electron chi connectivity index (χ4n) is 3.20. The third kappa shape index (κ3) is 17.7. The van der Waals surface area contributed by atoms with Gasteiger partial charge in [0.2, 0.25) is 11.8 Å². The van der Waals surface area contributed by atoms with E-state index in [0.717, 1.165) is 13.1 Å². The van der Waals surface area contributed by atoms with Crippen molar-refractivity contribution in [1.29, 1.82) is 0 Å². The highest BCUT2D eigenvalue weighted by Gasteiger charge is 2.45. The van der Waals surface area contributed by atoms with Crippen molar-refractivity contribution >= 4 is 102 Å². The van der Waals surface area contributed by atoms with Crippen LogP contribution in [0.15, 0.2) is 0 Å². The molecule has 6 fully saturated rings. The average Bonchev–Trinajstić information content (AvgIpc) is 3.85. The minimum atomic E-state index is -4.35. The molecule has 280 valence electrons. The van der Waals surface area contributed by atoms with E-state index in [4.69, 9.17) is 9.11 Å². The zero-order valence-electron chi connectivity index (χ0n) is 24.5. The van der Waals surface area contributed by atoms with E-state index in [9.17, 15) is 35.9 Å². The molecule has 0 radical (unpaired) electrons. The van der Waals surface area contributed by atoms with Crippen molar-refractivity contribution < 1.29 is 45.0 Å². The first-order chi connectivity index (χ1) is 21.4. The molecular weight excluding hydrogens is 795 g/mol. The first-order valence-electron chi connectivity index (χ1n) is 13.3. The summed E-state index contributed by atoms with van der Waals surface area (Å²) in [6, 6.07) is -1.13. The van der Waals surface area contributed by atoms with Crippen LogP contribution < -0.4 is 31.9 Å². The standard InChI is InChI=1S/2C7H12F3N3O.2C4H6OS4.CH4/c2*8-7(9,10)4-13-6(14)5-3-11-1-2-12-5;2*1-8(5)3-6-9-2-4(9)7-9;/h2*5,11-12H,1-4H2,(H,13,14);2*5H,2H2,1H3;1H4/q;;2*-2;/t2*5-;;;/m00.../s1. The first-order valence-corrected chi connectivity index (χ1v) is 25.4. The molecular formula is C23H40F6N6O4S8-4. The number of hydrogen-bond acceptors (Lipinski definition) is 12. The molecule has 0 saturated carbocycles. The molecule has 0 aliphatic carbocycles. The third-order valence-corrected chi connectivity index (χ3v) is 25.8. The Morgan fingerprint density at radius 1 is 0.809 bits per heavy atom. The molecule has 6 aliphatic heterocycles. The number of carbonyl (C=O) groups excluding carboxylic acids is 2. The van der Waals surface area contributed by atoms with Crippen molar-refractivity contribution in [3.8, 4) is 0 Å². The Labute approximate surface area is 294 Å². The SMILES string of the molecule is C.CS(O)=[C-]SS12C[C-]1S2.CS(O)=[C-]SS12C[C-]1S2.O=C(NCC(F)(F)F)[C@@H]1CNCCN1.O=C(NCC(F)(F)F)[C@@H]1CNCCN1. The van der Waals surface area contributed by atoms with E-state index < -0.39 is 70.9 Å². The quantitative estimate of drug-likeness (QED) is 0.0580. The Hall–Kier alpha value is 0.820. The molecule has 0 aromatic rings. The van der Waals surface area contributed by atoms with E-state index in [0.29, 0.717) is 26.2 Å². The van der Waals surface area contributed by atoms with Crippen molar-refractivity contribution in [1.82, 2.24) is 31.9 Å². The van der Waals surface area contributed by atoms with Crippen molar-refractivity contribution in [3.63, 3.8) is 0 Å². The Kier molecular flexibility index (Phi) is 18.3. The summed E-state index contributed by atoms with van der Waals surface area (Å²) in [6.45, 7) is 0.807. The van der Waals surface area contributed by atoms with Crippen LogP contribution in [0.5, 0.6) is 0 Å². The Balaban J connectivity index is 0.000000220. The van der Waals surface area contributed by atoms with E-state index in [1.807, 2.05) is 32.2 Å². The fraction of sp³-hybridized carbons (Fsp3) is 0.739. The van der Waals surface area contributed by atoms with Gasteiger partial charge in [-0.2, -0.15) is 35.5 Å². The molecule has 4 unspecified atom stereocenters. The highest BCUT2D eigenvalue weighted by atomic mass is 33.6. The lowest BCUT2D eigenvalue weighted by Gasteiger charge is -2.23. The topological polar surface area (TPSA) is 147 Å². The second-order valence-corrected chi connectivity index (χ2v) is 29.3. The van der Waals surface area contributed by atoms with Gasteiger partial charge in [-0.15, -0.1) is 11.5 Å². The van der Waals surface area contributed by atoms with E-state index in [2.05, 4.69) is 30.7 Å². The number of halogens is 6. The Morgan fingerprint density at radius 3 is 1.34 bits per heavy atom. The molecule has 47 heavy (non-hydrogen) atoms. The maximum Gasteiger partial charge on any atom is 0.405 e. The van der Waals surface area contributed by atoms with Gasteiger partial charge in [0, 0.05) is 39.3 Å². The maximum absolute atomic E-state index is 11.7. The lowest BCUT2D eigenvalue weighted by atomic mass is 10.2. The van der Waals surface area contributed by atoms with Gasteiger partial charge in [0.1, 0.15) is 13.1 Å². The van der Waals surface area contributed by atoms with Gasteiger partial charge in [-0.25, -0.2) is 21.5 Å². The molecule has 0 bridgehead atoms. The molecule has 6 atom stereocenters. The number of hydrogen-bond donors (Lipinski definition) is 8. The molecule has 10 nitrogen and oxygen atoms in total. The number of fused-ring (bicyclic) bond motifs is 2. The van der Waals surface area contributed by atoms with Crippen LogP contribution in [0.1, 0.15) is 7.43 Å². The number of nitrogens with one attached hydrogen (secondary N) is 6. The molecule has 6 saturated heterocycles. The summed E-state index contributed by atoms with van der Waals surface area (Å²) >= 11 is 0. The molecule has 0 spiro atoms. The van der Waals surface area contributed by atoms with E-state index in [1.54, 1.807) is 43.3 Å². The van der Waals surface area contributed by atoms with Gasteiger partial charge in [0.15, 0.2) is 0 Å². The van der Waals surface area contributed by atoms with Gasteiger partial charge in [-0.1, -0.05) is 7.43 Å². The largest absolute Gasteiger partial charge is 0.405 e. The number of alkyl halides is 6. The van der Waals surface area contributed by atoms with Crippen LogP contribution in [-0.2, 0) is 9.59 Å². The van der Waals surface area contributed by atoms with Gasteiger partial charge >= 0.3 is 12.4 Å². The molecule has 6 heterocycles. The average molecular weight is 835 g/mol. The molecule has 0 aromatic carbocycles. The smallest absolute Gasteiger partial charge is 0.371 e. The lowest BCUT2D eigenvalue weighted by molar-refractivity contribution is -0.139. The first kappa shape index (κ1) is 44.0. The minimum absolute atomic E-state index is 0. The van der Waals surface area contributed by atoms with Crippen LogP contribution in [0.3, 0.4) is 0 Å². The molecule has 2 amide bonds. The van der Waals surface area contributed by atoms with Gasteiger partial charge in [0.25, 0.3) is 0 Å². The second-order valence-electron chi connectivity index (χ2n) is 9.81. The second kappa shape index (κ2) is 19.6. The van der Waals surface area contributed by atoms with Crippen molar-refractivity contribution in [2.24, 2.45) is 0 Å². The summed E-state index contributed by atoms with van der Waals surface area (Å²) in [7, 11) is 5.69.